The molecule has 0 spiro atoms. The third kappa shape index (κ3) is 4.26. The largest absolute Gasteiger partial charge is 0.0879 e. The molecule has 0 heterocycles. The Hall–Kier alpha value is -1.04. The van der Waals surface area contributed by atoms with Crippen LogP contribution in [-0.2, 0) is 0 Å². The highest BCUT2D eigenvalue weighted by atomic mass is 14.4. The van der Waals surface area contributed by atoms with E-state index in [1.54, 1.807) is 11.1 Å². The first-order valence-electron chi connectivity index (χ1n) is 11.6. The molecule has 1 aromatic carbocycles. The molecule has 2 saturated carbocycles. The van der Waals surface area contributed by atoms with Crippen LogP contribution in [-0.4, -0.2) is 0 Å². The lowest BCUT2D eigenvalue weighted by Crippen LogP contribution is -2.25. The number of hydrogen-bond acceptors (Lipinski definition) is 0. The van der Waals surface area contributed by atoms with Crippen molar-refractivity contribution in [3.63, 3.8) is 0 Å². The number of allylic oxidation sites excluding steroid dienone is 2. The molecule has 0 heteroatoms. The van der Waals surface area contributed by atoms with Crippen molar-refractivity contribution in [1.82, 2.24) is 0 Å². The lowest BCUT2D eigenvalue weighted by Gasteiger charge is -2.38. The molecule has 26 heavy (non-hydrogen) atoms. The molecule has 3 aliphatic carbocycles. The van der Waals surface area contributed by atoms with Crippen molar-refractivity contribution in [1.29, 1.82) is 0 Å². The zero-order chi connectivity index (χ0) is 17.8. The maximum Gasteiger partial charge on any atom is -0.00928 e. The maximum atomic E-state index is 2.45. The first-order valence-corrected chi connectivity index (χ1v) is 11.6. The smallest absolute Gasteiger partial charge is 0.00928 e. The standard InChI is InChI=1S/C26H38/c1-2-5-20-8-10-22(11-9-20)24-16-18-26(19-17-24)25-14-12-23(13-15-25)21-6-3-4-7-21/h3-4,12-15,20-22,24,26H,2,5-11,16-19H2,1H3. The molecule has 0 aliphatic heterocycles. The lowest BCUT2D eigenvalue weighted by atomic mass is 9.68. The van der Waals surface area contributed by atoms with Gasteiger partial charge in [-0.1, -0.05) is 69.0 Å². The molecule has 0 bridgehead atoms. The minimum Gasteiger partial charge on any atom is -0.0879 e. The first kappa shape index (κ1) is 18.3. The summed E-state index contributed by atoms with van der Waals surface area (Å²) < 4.78 is 0. The minimum atomic E-state index is 0.752. The van der Waals surface area contributed by atoms with Crippen LogP contribution in [0.3, 0.4) is 0 Å². The van der Waals surface area contributed by atoms with Crippen molar-refractivity contribution >= 4 is 0 Å². The Balaban J connectivity index is 1.26. The third-order valence-corrected chi connectivity index (χ3v) is 7.91. The predicted octanol–water partition coefficient (Wildman–Crippen LogP) is 8.00. The molecule has 0 amide bonds. The van der Waals surface area contributed by atoms with E-state index in [0.29, 0.717) is 0 Å². The van der Waals surface area contributed by atoms with E-state index >= 15 is 0 Å². The Morgan fingerprint density at radius 2 is 1.15 bits per heavy atom. The molecule has 0 radical (unpaired) electrons. The van der Waals surface area contributed by atoms with E-state index in [0.717, 1.165) is 29.6 Å². The van der Waals surface area contributed by atoms with E-state index in [1.807, 2.05) is 0 Å². The van der Waals surface area contributed by atoms with Gasteiger partial charge in [-0.15, -0.1) is 0 Å². The van der Waals surface area contributed by atoms with Gasteiger partial charge in [0, 0.05) is 0 Å². The lowest BCUT2D eigenvalue weighted by molar-refractivity contribution is 0.156. The van der Waals surface area contributed by atoms with E-state index in [-0.39, 0.29) is 0 Å². The van der Waals surface area contributed by atoms with Crippen molar-refractivity contribution in [2.75, 3.05) is 0 Å². The molecule has 4 rings (SSSR count). The molecule has 0 nitrogen and oxygen atoms in total. The van der Waals surface area contributed by atoms with Crippen LogP contribution in [0.5, 0.6) is 0 Å². The summed E-state index contributed by atoms with van der Waals surface area (Å²) >= 11 is 0. The second kappa shape index (κ2) is 8.77. The Labute approximate surface area is 161 Å². The van der Waals surface area contributed by atoms with Crippen molar-refractivity contribution in [3.8, 4) is 0 Å². The molecule has 1 aromatic rings. The highest BCUT2D eigenvalue weighted by Gasteiger charge is 2.31. The van der Waals surface area contributed by atoms with Crippen LogP contribution in [0.4, 0.5) is 0 Å². The molecule has 3 aliphatic rings. The second-order valence-electron chi connectivity index (χ2n) is 9.49. The Bertz CT molecular complexity index is 557. The average Bonchev–Trinajstić information content (AvgIpc) is 3.24. The van der Waals surface area contributed by atoms with Gasteiger partial charge >= 0.3 is 0 Å². The zero-order valence-corrected chi connectivity index (χ0v) is 16.8. The molecule has 0 N–H and O–H groups in total. The fourth-order valence-corrected chi connectivity index (χ4v) is 6.21. The van der Waals surface area contributed by atoms with E-state index < -0.39 is 0 Å². The van der Waals surface area contributed by atoms with Crippen LogP contribution in [0.2, 0.25) is 0 Å². The molecule has 0 aromatic heterocycles. The second-order valence-corrected chi connectivity index (χ2v) is 9.49. The molecular weight excluding hydrogens is 312 g/mol. The summed E-state index contributed by atoms with van der Waals surface area (Å²) in [6.45, 7) is 2.35. The number of hydrogen-bond donors (Lipinski definition) is 0. The number of rotatable bonds is 5. The molecule has 0 atom stereocenters. The van der Waals surface area contributed by atoms with Gasteiger partial charge in [0.2, 0.25) is 0 Å². The van der Waals surface area contributed by atoms with Gasteiger partial charge in [0.25, 0.3) is 0 Å². The van der Waals surface area contributed by atoms with E-state index in [4.69, 9.17) is 0 Å². The monoisotopic (exact) mass is 350 g/mol. The van der Waals surface area contributed by atoms with Crippen molar-refractivity contribution in [2.24, 2.45) is 17.8 Å². The normalized spacial score (nSPS) is 32.8. The first-order chi connectivity index (χ1) is 12.8. The molecule has 142 valence electrons. The van der Waals surface area contributed by atoms with Crippen molar-refractivity contribution in [3.05, 3.63) is 47.5 Å². The van der Waals surface area contributed by atoms with Gasteiger partial charge in [-0.25, -0.2) is 0 Å². The summed E-state index contributed by atoms with van der Waals surface area (Å²) in [7, 11) is 0. The maximum absolute atomic E-state index is 2.45. The fourth-order valence-electron chi connectivity index (χ4n) is 6.21. The highest BCUT2D eigenvalue weighted by Crippen LogP contribution is 2.44. The minimum absolute atomic E-state index is 0.752. The molecule has 0 saturated heterocycles. The van der Waals surface area contributed by atoms with E-state index in [1.165, 1.54) is 77.0 Å². The highest BCUT2D eigenvalue weighted by molar-refractivity contribution is 5.30. The predicted molar refractivity (Wildman–Crippen MR) is 113 cm³/mol. The van der Waals surface area contributed by atoms with Crippen molar-refractivity contribution in [2.45, 2.75) is 95.8 Å². The SMILES string of the molecule is CCCC1CCC(C2CCC(c3ccc(C4CC=CC4)cc3)CC2)CC1. The van der Waals surface area contributed by atoms with Gasteiger partial charge in [-0.3, -0.25) is 0 Å². The summed E-state index contributed by atoms with van der Waals surface area (Å²) in [6, 6.07) is 9.76. The quantitative estimate of drug-likeness (QED) is 0.472. The fraction of sp³-hybridized carbons (Fsp3) is 0.692. The summed E-state index contributed by atoms with van der Waals surface area (Å²) in [5, 5.41) is 0. The van der Waals surface area contributed by atoms with Crippen LogP contribution >= 0.6 is 0 Å². The summed E-state index contributed by atoms with van der Waals surface area (Å²) in [5.74, 6) is 4.74. The summed E-state index contributed by atoms with van der Waals surface area (Å²) in [4.78, 5) is 0. The van der Waals surface area contributed by atoms with Crippen LogP contribution in [0.25, 0.3) is 0 Å². The number of benzene rings is 1. The van der Waals surface area contributed by atoms with E-state index in [2.05, 4.69) is 43.3 Å². The van der Waals surface area contributed by atoms with Crippen molar-refractivity contribution < 1.29 is 0 Å². The molecule has 0 unspecified atom stereocenters. The van der Waals surface area contributed by atoms with Crippen LogP contribution in [0.15, 0.2) is 36.4 Å². The summed E-state index contributed by atoms with van der Waals surface area (Å²) in [6.07, 6.45) is 22.0. The van der Waals surface area contributed by atoms with Gasteiger partial charge in [0.05, 0.1) is 0 Å². The van der Waals surface area contributed by atoms with Gasteiger partial charge in [-0.05, 0) is 92.1 Å². The topological polar surface area (TPSA) is 0 Å². The Kier molecular flexibility index (Phi) is 6.18. The Morgan fingerprint density at radius 1 is 0.654 bits per heavy atom. The van der Waals surface area contributed by atoms with Gasteiger partial charge in [0.1, 0.15) is 0 Å². The third-order valence-electron chi connectivity index (χ3n) is 7.91. The zero-order valence-electron chi connectivity index (χ0n) is 16.8. The average molecular weight is 351 g/mol. The van der Waals surface area contributed by atoms with Gasteiger partial charge in [0.15, 0.2) is 0 Å². The molecule has 2 fully saturated rings. The van der Waals surface area contributed by atoms with Crippen LogP contribution in [0, 0.1) is 17.8 Å². The van der Waals surface area contributed by atoms with E-state index in [9.17, 15) is 0 Å². The van der Waals surface area contributed by atoms with Gasteiger partial charge in [-0.2, -0.15) is 0 Å². The van der Waals surface area contributed by atoms with Gasteiger partial charge < -0.3 is 0 Å². The Morgan fingerprint density at radius 3 is 1.69 bits per heavy atom. The molecular formula is C26H38. The van der Waals surface area contributed by atoms with Crippen LogP contribution in [0.1, 0.15) is 107 Å². The van der Waals surface area contributed by atoms with Crippen LogP contribution < -0.4 is 0 Å². The summed E-state index contributed by atoms with van der Waals surface area (Å²) in [5.41, 5.74) is 3.17.